The molecule has 0 aliphatic heterocycles. The summed E-state index contributed by atoms with van der Waals surface area (Å²) in [5.41, 5.74) is 1.66. The summed E-state index contributed by atoms with van der Waals surface area (Å²) in [6.07, 6.45) is 2.75. The third-order valence-electron chi connectivity index (χ3n) is 2.04. The molecule has 0 unspecified atom stereocenters. The van der Waals surface area contributed by atoms with Gasteiger partial charge in [-0.1, -0.05) is 6.92 Å². The Morgan fingerprint density at radius 2 is 2.31 bits per heavy atom. The zero-order valence-electron chi connectivity index (χ0n) is 7.44. The van der Waals surface area contributed by atoms with Crippen LogP contribution in [0.2, 0.25) is 0 Å². The third-order valence-corrected chi connectivity index (χ3v) is 2.04. The van der Waals surface area contributed by atoms with Crippen LogP contribution in [0.25, 0.3) is 5.65 Å². The lowest BCUT2D eigenvalue weighted by atomic mass is 10.3. The van der Waals surface area contributed by atoms with Crippen LogP contribution in [0.5, 0.6) is 0 Å². The smallest absolute Gasteiger partial charge is 0.161 e. The maximum absolute atomic E-state index is 8.90. The number of hydrogen-bond acceptors (Lipinski definition) is 3. The second-order valence-corrected chi connectivity index (χ2v) is 2.89. The van der Waals surface area contributed by atoms with Gasteiger partial charge in [-0.2, -0.15) is 0 Å². The Balaban J connectivity index is 2.61. The number of aliphatic hydroxyl groups excluding tert-OH is 1. The van der Waals surface area contributed by atoms with Gasteiger partial charge in [-0.15, -0.1) is 10.2 Å². The maximum Gasteiger partial charge on any atom is 0.161 e. The summed E-state index contributed by atoms with van der Waals surface area (Å²) >= 11 is 0. The number of hydrogen-bond donors (Lipinski definition) is 1. The molecule has 0 atom stereocenters. The van der Waals surface area contributed by atoms with Crippen molar-refractivity contribution < 1.29 is 5.11 Å². The molecule has 0 bridgehead atoms. The molecule has 0 aliphatic carbocycles. The molecule has 4 nitrogen and oxygen atoms in total. The van der Waals surface area contributed by atoms with Gasteiger partial charge in [0.05, 0.1) is 6.61 Å². The summed E-state index contributed by atoms with van der Waals surface area (Å²) in [5.74, 6) is 0.944. The van der Waals surface area contributed by atoms with E-state index in [9.17, 15) is 0 Å². The van der Waals surface area contributed by atoms with Crippen LogP contribution in [0.3, 0.4) is 0 Å². The number of fused-ring (bicyclic) bond motifs is 1. The van der Waals surface area contributed by atoms with Gasteiger partial charge < -0.3 is 5.11 Å². The monoisotopic (exact) mass is 177 g/mol. The van der Waals surface area contributed by atoms with Gasteiger partial charge in [0.15, 0.2) is 5.65 Å². The fourth-order valence-electron chi connectivity index (χ4n) is 1.32. The lowest BCUT2D eigenvalue weighted by Crippen LogP contribution is -1.93. The number of rotatable bonds is 2. The third kappa shape index (κ3) is 1.29. The molecule has 13 heavy (non-hydrogen) atoms. The van der Waals surface area contributed by atoms with Crippen LogP contribution >= 0.6 is 0 Å². The van der Waals surface area contributed by atoms with Crippen LogP contribution in [-0.4, -0.2) is 19.7 Å². The first-order valence-electron chi connectivity index (χ1n) is 4.28. The Hall–Kier alpha value is -1.42. The zero-order chi connectivity index (χ0) is 9.26. The van der Waals surface area contributed by atoms with Gasteiger partial charge in [-0.3, -0.25) is 4.40 Å². The Bertz CT molecular complexity index is 422. The summed E-state index contributed by atoms with van der Waals surface area (Å²) in [6.45, 7) is 2.08. The molecule has 0 amide bonds. The van der Waals surface area contributed by atoms with Crippen molar-refractivity contribution in [2.45, 2.75) is 20.0 Å². The molecule has 0 aromatic carbocycles. The van der Waals surface area contributed by atoms with Crippen molar-refractivity contribution in [3.63, 3.8) is 0 Å². The summed E-state index contributed by atoms with van der Waals surface area (Å²) in [4.78, 5) is 0. The molecular formula is C9H11N3O. The van der Waals surface area contributed by atoms with Crippen LogP contribution < -0.4 is 0 Å². The summed E-state index contributed by atoms with van der Waals surface area (Å²) in [7, 11) is 0. The molecule has 1 N–H and O–H groups in total. The summed E-state index contributed by atoms with van der Waals surface area (Å²) in [6, 6.07) is 3.71. The predicted molar refractivity (Wildman–Crippen MR) is 48.3 cm³/mol. The number of aliphatic hydroxyl groups is 1. The SMILES string of the molecule is CCc1nnc2cc(CO)ccn12. The van der Waals surface area contributed by atoms with E-state index in [1.165, 1.54) is 0 Å². The zero-order valence-corrected chi connectivity index (χ0v) is 7.44. The maximum atomic E-state index is 8.90. The lowest BCUT2D eigenvalue weighted by molar-refractivity contribution is 0.282. The highest BCUT2D eigenvalue weighted by Crippen LogP contribution is 2.07. The normalized spacial score (nSPS) is 10.9. The van der Waals surface area contributed by atoms with Gasteiger partial charge in [0.2, 0.25) is 0 Å². The lowest BCUT2D eigenvalue weighted by Gasteiger charge is -1.98. The summed E-state index contributed by atoms with van der Waals surface area (Å²) < 4.78 is 1.93. The minimum atomic E-state index is 0.0464. The first-order chi connectivity index (χ1) is 6.35. The number of nitrogens with zero attached hydrogens (tertiary/aromatic N) is 3. The first-order valence-corrected chi connectivity index (χ1v) is 4.28. The highest BCUT2D eigenvalue weighted by Gasteiger charge is 2.02. The van der Waals surface area contributed by atoms with Crippen molar-refractivity contribution in [2.75, 3.05) is 0 Å². The van der Waals surface area contributed by atoms with E-state index >= 15 is 0 Å². The van der Waals surface area contributed by atoms with E-state index in [2.05, 4.69) is 10.2 Å². The van der Waals surface area contributed by atoms with E-state index in [4.69, 9.17) is 5.11 Å². The molecule has 4 heteroatoms. The van der Waals surface area contributed by atoms with Gasteiger partial charge in [-0.25, -0.2) is 0 Å². The average Bonchev–Trinajstić information content (AvgIpc) is 2.59. The van der Waals surface area contributed by atoms with Crippen molar-refractivity contribution >= 4 is 5.65 Å². The van der Waals surface area contributed by atoms with Gasteiger partial charge in [0.25, 0.3) is 0 Å². The molecule has 0 saturated carbocycles. The average molecular weight is 177 g/mol. The Morgan fingerprint density at radius 1 is 1.46 bits per heavy atom. The molecule has 2 rings (SSSR count). The Morgan fingerprint density at radius 3 is 3.00 bits per heavy atom. The largest absolute Gasteiger partial charge is 0.392 e. The van der Waals surface area contributed by atoms with E-state index in [1.807, 2.05) is 29.7 Å². The molecular weight excluding hydrogens is 166 g/mol. The first kappa shape index (κ1) is 8.19. The highest BCUT2D eigenvalue weighted by atomic mass is 16.3. The molecule has 68 valence electrons. The number of pyridine rings is 1. The molecule has 2 aromatic heterocycles. The van der Waals surface area contributed by atoms with E-state index < -0.39 is 0 Å². The van der Waals surface area contributed by atoms with Gasteiger partial charge in [0, 0.05) is 12.6 Å². The van der Waals surface area contributed by atoms with E-state index in [0.29, 0.717) is 0 Å². The van der Waals surface area contributed by atoms with Crippen molar-refractivity contribution in [1.29, 1.82) is 0 Å². The molecule has 0 radical (unpaired) electrons. The predicted octanol–water partition coefficient (Wildman–Crippen LogP) is 0.784. The fourth-order valence-corrected chi connectivity index (χ4v) is 1.32. The van der Waals surface area contributed by atoms with Crippen LogP contribution in [0.1, 0.15) is 18.3 Å². The van der Waals surface area contributed by atoms with E-state index in [0.717, 1.165) is 23.5 Å². The topological polar surface area (TPSA) is 50.4 Å². The summed E-state index contributed by atoms with van der Waals surface area (Å²) in [5, 5.41) is 16.9. The number of aromatic nitrogens is 3. The quantitative estimate of drug-likeness (QED) is 0.737. The van der Waals surface area contributed by atoms with Gasteiger partial charge >= 0.3 is 0 Å². The second kappa shape index (κ2) is 3.14. The molecule has 2 heterocycles. The minimum absolute atomic E-state index is 0.0464. The van der Waals surface area contributed by atoms with Crippen LogP contribution in [0.15, 0.2) is 18.3 Å². The molecule has 0 aliphatic rings. The molecule has 2 aromatic rings. The van der Waals surface area contributed by atoms with E-state index in [-0.39, 0.29) is 6.61 Å². The van der Waals surface area contributed by atoms with Crippen LogP contribution in [0.4, 0.5) is 0 Å². The number of aryl methyl sites for hydroxylation is 1. The minimum Gasteiger partial charge on any atom is -0.392 e. The standard InChI is InChI=1S/C9H11N3O/c1-2-8-10-11-9-5-7(6-13)3-4-12(8)9/h3-5,13H,2,6H2,1H3. The highest BCUT2D eigenvalue weighted by molar-refractivity contribution is 5.40. The Labute approximate surface area is 75.8 Å². The fraction of sp³-hybridized carbons (Fsp3) is 0.333. The van der Waals surface area contributed by atoms with Crippen molar-refractivity contribution in [3.8, 4) is 0 Å². The van der Waals surface area contributed by atoms with Gasteiger partial charge in [-0.05, 0) is 17.7 Å². The molecule has 0 saturated heterocycles. The second-order valence-electron chi connectivity index (χ2n) is 2.89. The molecule has 0 fully saturated rings. The van der Waals surface area contributed by atoms with Crippen molar-refractivity contribution in [2.24, 2.45) is 0 Å². The molecule has 0 spiro atoms. The van der Waals surface area contributed by atoms with Crippen molar-refractivity contribution in [1.82, 2.24) is 14.6 Å². The van der Waals surface area contributed by atoms with Gasteiger partial charge in [0.1, 0.15) is 5.82 Å². The Kier molecular flexibility index (Phi) is 1.98. The van der Waals surface area contributed by atoms with Crippen LogP contribution in [0, 0.1) is 0 Å². The van der Waals surface area contributed by atoms with Crippen LogP contribution in [-0.2, 0) is 13.0 Å². The van der Waals surface area contributed by atoms with E-state index in [1.54, 1.807) is 0 Å². The van der Waals surface area contributed by atoms with Crippen molar-refractivity contribution in [3.05, 3.63) is 29.7 Å².